The lowest BCUT2D eigenvalue weighted by Gasteiger charge is -2.18. The van der Waals surface area contributed by atoms with Gasteiger partial charge in [-0.1, -0.05) is 0 Å². The number of anilines is 1. The van der Waals surface area contributed by atoms with Crippen LogP contribution in [0.15, 0.2) is 52.6 Å². The number of aryl methyl sites for hydroxylation is 1. The molecule has 0 aliphatic heterocycles. The van der Waals surface area contributed by atoms with Crippen molar-refractivity contribution in [1.82, 2.24) is 24.7 Å². The van der Waals surface area contributed by atoms with E-state index >= 15 is 0 Å². The topological polar surface area (TPSA) is 129 Å². The van der Waals surface area contributed by atoms with Gasteiger partial charge in [-0.05, 0) is 43.4 Å². The van der Waals surface area contributed by atoms with Crippen molar-refractivity contribution in [3.8, 4) is 17.5 Å². The first-order chi connectivity index (χ1) is 17.6. The van der Waals surface area contributed by atoms with E-state index in [0.717, 1.165) is 12.3 Å². The molecule has 0 fully saturated rings. The van der Waals surface area contributed by atoms with Crippen LogP contribution in [0.1, 0.15) is 30.9 Å². The third kappa shape index (κ3) is 5.48. The van der Waals surface area contributed by atoms with Crippen molar-refractivity contribution in [3.63, 3.8) is 0 Å². The number of hydrogen-bond donors (Lipinski definition) is 2. The number of hydrogen-bond acceptors (Lipinski definition) is 7. The Kier molecular flexibility index (Phi) is 7.01. The minimum Gasteiger partial charge on any atom is -0.381 e. The molecule has 0 aliphatic carbocycles. The van der Waals surface area contributed by atoms with E-state index < -0.39 is 40.4 Å². The molecule has 0 amide bonds. The Bertz CT molecular complexity index is 1610. The standard InChI is InChI=1S/C24H19F4N7O2/c1-13(33-19-12-32-34-22(36)20(19)24(26,27)28)3-2-5-35-6-4-15-7-17(18(25)8-16(15)23(35)37)21-30-10-14(9-29)11-31-21/h4,6-8,10-13H,2-3,5H2,1H3,(H2,33,34,36). The zero-order chi connectivity index (χ0) is 26.7. The molecule has 0 bridgehead atoms. The normalized spacial score (nSPS) is 12.3. The van der Waals surface area contributed by atoms with Crippen molar-refractivity contribution in [2.75, 3.05) is 5.32 Å². The number of aromatic amines is 1. The van der Waals surface area contributed by atoms with Gasteiger partial charge in [-0.15, -0.1) is 0 Å². The molecule has 0 aliphatic rings. The molecular weight excluding hydrogens is 494 g/mol. The van der Waals surface area contributed by atoms with Gasteiger partial charge in [0.2, 0.25) is 0 Å². The fraction of sp³-hybridized carbons (Fsp3) is 0.250. The minimum atomic E-state index is -4.85. The lowest BCUT2D eigenvalue weighted by atomic mass is 10.1. The van der Waals surface area contributed by atoms with Crippen LogP contribution in [0.2, 0.25) is 0 Å². The first-order valence-corrected chi connectivity index (χ1v) is 11.0. The van der Waals surface area contributed by atoms with E-state index in [9.17, 15) is 27.2 Å². The first kappa shape index (κ1) is 25.5. The van der Waals surface area contributed by atoms with Crippen molar-refractivity contribution in [1.29, 1.82) is 5.26 Å². The van der Waals surface area contributed by atoms with Crippen LogP contribution in [0.3, 0.4) is 0 Å². The largest absolute Gasteiger partial charge is 0.423 e. The number of fused-ring (bicyclic) bond motifs is 1. The van der Waals surface area contributed by atoms with Gasteiger partial charge in [0, 0.05) is 31.2 Å². The highest BCUT2D eigenvalue weighted by atomic mass is 19.4. The van der Waals surface area contributed by atoms with E-state index in [1.54, 1.807) is 24.3 Å². The molecule has 1 aromatic carbocycles. The molecule has 13 heteroatoms. The second-order valence-corrected chi connectivity index (χ2v) is 8.31. The molecule has 9 nitrogen and oxygen atoms in total. The molecule has 4 aromatic rings. The maximum atomic E-state index is 14.8. The summed E-state index contributed by atoms with van der Waals surface area (Å²) in [6, 6.07) is 5.62. The summed E-state index contributed by atoms with van der Waals surface area (Å²) in [6.45, 7) is 1.88. The van der Waals surface area contributed by atoms with Crippen LogP contribution < -0.4 is 16.4 Å². The van der Waals surface area contributed by atoms with Gasteiger partial charge >= 0.3 is 6.18 Å². The smallest absolute Gasteiger partial charge is 0.381 e. The molecule has 2 N–H and O–H groups in total. The van der Waals surface area contributed by atoms with Crippen LogP contribution in [-0.2, 0) is 12.7 Å². The second-order valence-electron chi connectivity index (χ2n) is 8.31. The zero-order valence-electron chi connectivity index (χ0n) is 19.3. The first-order valence-electron chi connectivity index (χ1n) is 11.0. The Labute approximate surface area is 206 Å². The molecule has 1 unspecified atom stereocenters. The number of rotatable bonds is 7. The lowest BCUT2D eigenvalue weighted by Crippen LogP contribution is -2.27. The van der Waals surface area contributed by atoms with Crippen LogP contribution in [0.5, 0.6) is 0 Å². The van der Waals surface area contributed by atoms with Gasteiger partial charge in [-0.2, -0.15) is 23.5 Å². The maximum Gasteiger partial charge on any atom is 0.423 e. The third-order valence-corrected chi connectivity index (χ3v) is 5.66. The summed E-state index contributed by atoms with van der Waals surface area (Å²) >= 11 is 0. The van der Waals surface area contributed by atoms with Crippen molar-refractivity contribution in [2.24, 2.45) is 0 Å². The Hall–Kier alpha value is -4.60. The van der Waals surface area contributed by atoms with Crippen molar-refractivity contribution in [2.45, 2.75) is 38.5 Å². The van der Waals surface area contributed by atoms with Gasteiger partial charge < -0.3 is 9.88 Å². The number of nitrogens with zero attached hydrogens (tertiary/aromatic N) is 5. The molecule has 3 heterocycles. The number of aromatic nitrogens is 5. The van der Waals surface area contributed by atoms with Gasteiger partial charge in [0.05, 0.1) is 28.4 Å². The summed E-state index contributed by atoms with van der Waals surface area (Å²) in [4.78, 5) is 32.5. The summed E-state index contributed by atoms with van der Waals surface area (Å²) in [5, 5.41) is 17.3. The van der Waals surface area contributed by atoms with E-state index in [4.69, 9.17) is 5.26 Å². The fourth-order valence-electron chi connectivity index (χ4n) is 3.87. The number of H-pyrrole nitrogens is 1. The van der Waals surface area contributed by atoms with E-state index in [1.807, 2.05) is 6.07 Å². The molecule has 0 saturated carbocycles. The highest BCUT2D eigenvalue weighted by molar-refractivity contribution is 5.86. The Morgan fingerprint density at radius 1 is 1.19 bits per heavy atom. The number of halogens is 4. The van der Waals surface area contributed by atoms with Gasteiger partial charge in [0.15, 0.2) is 5.82 Å². The molecule has 1 atom stereocenters. The fourth-order valence-corrected chi connectivity index (χ4v) is 3.87. The van der Waals surface area contributed by atoms with Crippen LogP contribution in [0.4, 0.5) is 23.2 Å². The van der Waals surface area contributed by atoms with Crippen LogP contribution >= 0.6 is 0 Å². The number of benzene rings is 1. The SMILES string of the molecule is CC(CCCn1ccc2cc(-c3ncc(C#N)cn3)c(F)cc2c1=O)Nc1cn[nH]c(=O)c1C(F)(F)F. The zero-order valence-corrected chi connectivity index (χ0v) is 19.3. The Balaban J connectivity index is 1.47. The second kappa shape index (κ2) is 10.2. The number of nitriles is 1. The quantitative estimate of drug-likeness (QED) is 0.359. The predicted molar refractivity (Wildman–Crippen MR) is 126 cm³/mol. The lowest BCUT2D eigenvalue weighted by molar-refractivity contribution is -0.138. The molecule has 0 radical (unpaired) electrons. The molecule has 190 valence electrons. The van der Waals surface area contributed by atoms with Crippen LogP contribution in [-0.4, -0.2) is 30.8 Å². The maximum absolute atomic E-state index is 14.8. The van der Waals surface area contributed by atoms with Gasteiger partial charge in [0.1, 0.15) is 17.4 Å². The summed E-state index contributed by atoms with van der Waals surface area (Å²) in [5.74, 6) is -0.620. The van der Waals surface area contributed by atoms with E-state index in [0.29, 0.717) is 18.2 Å². The summed E-state index contributed by atoms with van der Waals surface area (Å²) in [5.41, 5.74) is -3.23. The summed E-state index contributed by atoms with van der Waals surface area (Å²) < 4.78 is 55.8. The molecule has 37 heavy (non-hydrogen) atoms. The van der Waals surface area contributed by atoms with Crippen LogP contribution in [0.25, 0.3) is 22.2 Å². The third-order valence-electron chi connectivity index (χ3n) is 5.66. The number of alkyl halides is 3. The van der Waals surface area contributed by atoms with E-state index in [2.05, 4.69) is 20.4 Å². The number of pyridine rings is 1. The highest BCUT2D eigenvalue weighted by Crippen LogP contribution is 2.32. The molecule has 0 saturated heterocycles. The predicted octanol–water partition coefficient (Wildman–Crippen LogP) is 3.85. The monoisotopic (exact) mass is 513 g/mol. The summed E-state index contributed by atoms with van der Waals surface area (Å²) in [7, 11) is 0. The molecule has 0 spiro atoms. The molecule has 4 rings (SSSR count). The van der Waals surface area contributed by atoms with Crippen molar-refractivity contribution in [3.05, 3.63) is 80.6 Å². The van der Waals surface area contributed by atoms with Crippen molar-refractivity contribution < 1.29 is 17.6 Å². The molecular formula is C24H19F4N7O2. The Morgan fingerprint density at radius 2 is 1.92 bits per heavy atom. The average Bonchev–Trinajstić information content (AvgIpc) is 2.85. The van der Waals surface area contributed by atoms with Gasteiger partial charge in [-0.25, -0.2) is 19.5 Å². The van der Waals surface area contributed by atoms with Gasteiger partial charge in [0.25, 0.3) is 11.1 Å². The van der Waals surface area contributed by atoms with E-state index in [-0.39, 0.29) is 28.9 Å². The summed E-state index contributed by atoms with van der Waals surface area (Å²) in [6.07, 6.45) is 0.937. The van der Waals surface area contributed by atoms with Gasteiger partial charge in [-0.3, -0.25) is 9.59 Å². The number of nitrogens with one attached hydrogen (secondary N) is 2. The minimum absolute atomic E-state index is 0.0772. The van der Waals surface area contributed by atoms with E-state index in [1.165, 1.54) is 23.0 Å². The van der Waals surface area contributed by atoms with Crippen LogP contribution in [0, 0.1) is 17.1 Å². The molecule has 3 aromatic heterocycles. The average molecular weight is 513 g/mol. The highest BCUT2D eigenvalue weighted by Gasteiger charge is 2.37. The van der Waals surface area contributed by atoms with Crippen molar-refractivity contribution >= 4 is 16.5 Å². The Morgan fingerprint density at radius 3 is 2.59 bits per heavy atom.